The largest absolute Gasteiger partial charge is 0.458 e. The third kappa shape index (κ3) is 1.97. The summed E-state index contributed by atoms with van der Waals surface area (Å²) in [4.78, 5) is 10.2. The molecule has 3 aromatic rings. The summed E-state index contributed by atoms with van der Waals surface area (Å²) in [6.07, 6.45) is 0.884. The molecule has 0 saturated carbocycles. The molecule has 0 aliphatic rings. The van der Waals surface area contributed by atoms with Crippen LogP contribution in [-0.4, -0.2) is 9.97 Å². The first-order chi connectivity index (χ1) is 8.67. The van der Waals surface area contributed by atoms with E-state index in [0.717, 1.165) is 37.6 Å². The molecule has 0 N–H and O–H groups in total. The maximum Gasteiger partial charge on any atom is 0.197 e. The number of fused-ring (bicyclic) bond motifs is 1. The first-order valence-corrected chi connectivity index (χ1v) is 7.31. The third-order valence-corrected chi connectivity index (χ3v) is 4.27. The van der Waals surface area contributed by atoms with Crippen molar-refractivity contribution in [2.24, 2.45) is 0 Å². The Balaban J connectivity index is 2.24. The fourth-order valence-corrected chi connectivity index (χ4v) is 3.35. The number of rotatable bonds is 2. The SMILES string of the molecule is CCc1nc(-c2ccc(C)o2)nc2sc(Br)cc12. The fourth-order valence-electron chi connectivity index (χ4n) is 1.89. The number of halogens is 1. The van der Waals surface area contributed by atoms with Crippen LogP contribution >= 0.6 is 27.3 Å². The monoisotopic (exact) mass is 322 g/mol. The van der Waals surface area contributed by atoms with E-state index in [4.69, 9.17) is 4.42 Å². The van der Waals surface area contributed by atoms with E-state index in [1.54, 1.807) is 11.3 Å². The van der Waals surface area contributed by atoms with Gasteiger partial charge in [-0.25, -0.2) is 9.97 Å². The number of furan rings is 1. The zero-order chi connectivity index (χ0) is 12.7. The van der Waals surface area contributed by atoms with Crippen LogP contribution in [0.3, 0.4) is 0 Å². The molecule has 3 heterocycles. The molecule has 0 fully saturated rings. The van der Waals surface area contributed by atoms with E-state index in [1.165, 1.54) is 0 Å². The van der Waals surface area contributed by atoms with Gasteiger partial charge >= 0.3 is 0 Å². The van der Waals surface area contributed by atoms with Crippen molar-refractivity contribution in [3.8, 4) is 11.6 Å². The molecular formula is C13H11BrN2OS. The number of thiophene rings is 1. The Labute approximate surface area is 117 Å². The van der Waals surface area contributed by atoms with E-state index in [2.05, 4.69) is 38.9 Å². The molecule has 3 aromatic heterocycles. The Morgan fingerprint density at radius 3 is 2.83 bits per heavy atom. The van der Waals surface area contributed by atoms with E-state index in [-0.39, 0.29) is 0 Å². The Kier molecular flexibility index (Phi) is 2.95. The van der Waals surface area contributed by atoms with Crippen LogP contribution in [-0.2, 0) is 6.42 Å². The molecule has 0 spiro atoms. The summed E-state index contributed by atoms with van der Waals surface area (Å²) in [6, 6.07) is 5.92. The highest BCUT2D eigenvalue weighted by atomic mass is 79.9. The normalized spacial score (nSPS) is 11.3. The first-order valence-electron chi connectivity index (χ1n) is 5.70. The summed E-state index contributed by atoms with van der Waals surface area (Å²) in [7, 11) is 0. The quantitative estimate of drug-likeness (QED) is 0.693. The molecule has 3 rings (SSSR count). The molecular weight excluding hydrogens is 312 g/mol. The van der Waals surface area contributed by atoms with Crippen molar-refractivity contribution in [1.82, 2.24) is 9.97 Å². The lowest BCUT2D eigenvalue weighted by molar-refractivity contribution is 0.544. The van der Waals surface area contributed by atoms with E-state index in [9.17, 15) is 0 Å². The summed E-state index contributed by atoms with van der Waals surface area (Å²) in [6.45, 7) is 4.02. The molecule has 0 radical (unpaired) electrons. The molecule has 0 aliphatic carbocycles. The summed E-state index contributed by atoms with van der Waals surface area (Å²) in [5, 5.41) is 1.13. The molecule has 0 bridgehead atoms. The van der Waals surface area contributed by atoms with Crippen molar-refractivity contribution in [1.29, 1.82) is 0 Å². The van der Waals surface area contributed by atoms with Gasteiger partial charge in [-0.15, -0.1) is 11.3 Å². The van der Waals surface area contributed by atoms with Gasteiger partial charge < -0.3 is 4.42 Å². The van der Waals surface area contributed by atoms with Crippen LogP contribution in [0.2, 0.25) is 0 Å². The maximum atomic E-state index is 5.59. The highest BCUT2D eigenvalue weighted by Crippen LogP contribution is 2.32. The van der Waals surface area contributed by atoms with Crippen LogP contribution in [0, 0.1) is 6.92 Å². The molecule has 18 heavy (non-hydrogen) atoms. The van der Waals surface area contributed by atoms with Crippen molar-refractivity contribution in [2.45, 2.75) is 20.3 Å². The fraction of sp³-hybridized carbons (Fsp3) is 0.231. The number of hydrogen-bond acceptors (Lipinski definition) is 4. The first kappa shape index (κ1) is 11.9. The minimum absolute atomic E-state index is 0.668. The molecule has 0 aliphatic heterocycles. The van der Waals surface area contributed by atoms with Gasteiger partial charge in [0.1, 0.15) is 10.6 Å². The van der Waals surface area contributed by atoms with Crippen molar-refractivity contribution in [3.05, 3.63) is 33.4 Å². The van der Waals surface area contributed by atoms with Crippen LogP contribution in [0.15, 0.2) is 26.4 Å². The maximum absolute atomic E-state index is 5.59. The number of aryl methyl sites for hydroxylation is 2. The van der Waals surface area contributed by atoms with Gasteiger partial charge in [-0.3, -0.25) is 0 Å². The van der Waals surface area contributed by atoms with Gasteiger partial charge in [-0.1, -0.05) is 6.92 Å². The van der Waals surface area contributed by atoms with Crippen molar-refractivity contribution >= 4 is 37.5 Å². The topological polar surface area (TPSA) is 38.9 Å². The summed E-state index contributed by atoms with van der Waals surface area (Å²) in [5.41, 5.74) is 1.06. The van der Waals surface area contributed by atoms with Crippen LogP contribution in [0.25, 0.3) is 21.8 Å². The molecule has 0 saturated heterocycles. The predicted molar refractivity (Wildman–Crippen MR) is 76.9 cm³/mol. The molecule has 3 nitrogen and oxygen atoms in total. The van der Waals surface area contributed by atoms with E-state index < -0.39 is 0 Å². The second kappa shape index (κ2) is 4.48. The van der Waals surface area contributed by atoms with Crippen molar-refractivity contribution in [2.75, 3.05) is 0 Å². The average molecular weight is 323 g/mol. The van der Waals surface area contributed by atoms with Gasteiger partial charge in [-0.05, 0) is 47.5 Å². The third-order valence-electron chi connectivity index (χ3n) is 2.74. The van der Waals surface area contributed by atoms with Crippen LogP contribution in [0.1, 0.15) is 18.4 Å². The average Bonchev–Trinajstić information content (AvgIpc) is 2.92. The Bertz CT molecular complexity index is 717. The minimum atomic E-state index is 0.668. The lowest BCUT2D eigenvalue weighted by Crippen LogP contribution is -1.94. The van der Waals surface area contributed by atoms with Gasteiger partial charge in [0, 0.05) is 5.39 Å². The highest BCUT2D eigenvalue weighted by Gasteiger charge is 2.13. The van der Waals surface area contributed by atoms with Crippen LogP contribution < -0.4 is 0 Å². The summed E-state index contributed by atoms with van der Waals surface area (Å²) < 4.78 is 6.67. The molecule has 0 atom stereocenters. The molecule has 5 heteroatoms. The zero-order valence-electron chi connectivity index (χ0n) is 10.0. The van der Waals surface area contributed by atoms with Gasteiger partial charge in [0.15, 0.2) is 11.6 Å². The highest BCUT2D eigenvalue weighted by molar-refractivity contribution is 9.11. The lowest BCUT2D eigenvalue weighted by atomic mass is 10.2. The number of aromatic nitrogens is 2. The molecule has 92 valence electrons. The minimum Gasteiger partial charge on any atom is -0.458 e. The second-order valence-corrected chi connectivity index (χ2v) is 6.44. The number of hydrogen-bond donors (Lipinski definition) is 0. The second-order valence-electron chi connectivity index (χ2n) is 4.03. The number of nitrogens with zero attached hydrogens (tertiary/aromatic N) is 2. The summed E-state index contributed by atoms with van der Waals surface area (Å²) in [5.74, 6) is 2.27. The Morgan fingerprint density at radius 2 is 2.17 bits per heavy atom. The van der Waals surface area contributed by atoms with Gasteiger partial charge in [0.25, 0.3) is 0 Å². The van der Waals surface area contributed by atoms with Gasteiger partial charge in [-0.2, -0.15) is 0 Å². The van der Waals surface area contributed by atoms with Gasteiger partial charge in [0.05, 0.1) is 9.48 Å². The lowest BCUT2D eigenvalue weighted by Gasteiger charge is -2.01. The van der Waals surface area contributed by atoms with E-state index in [1.807, 2.05) is 19.1 Å². The Hall–Kier alpha value is -1.20. The van der Waals surface area contributed by atoms with E-state index >= 15 is 0 Å². The smallest absolute Gasteiger partial charge is 0.197 e. The summed E-state index contributed by atoms with van der Waals surface area (Å²) >= 11 is 5.12. The van der Waals surface area contributed by atoms with Crippen LogP contribution in [0.4, 0.5) is 0 Å². The van der Waals surface area contributed by atoms with E-state index in [0.29, 0.717) is 5.82 Å². The van der Waals surface area contributed by atoms with Crippen molar-refractivity contribution < 1.29 is 4.42 Å². The van der Waals surface area contributed by atoms with Crippen molar-refractivity contribution in [3.63, 3.8) is 0 Å². The zero-order valence-corrected chi connectivity index (χ0v) is 12.4. The Morgan fingerprint density at radius 1 is 1.33 bits per heavy atom. The molecule has 0 aromatic carbocycles. The van der Waals surface area contributed by atoms with Crippen LogP contribution in [0.5, 0.6) is 0 Å². The predicted octanol–water partition coefficient (Wildman–Crippen LogP) is 4.58. The molecule has 0 amide bonds. The standard InChI is InChI=1S/C13H11BrN2OS/c1-3-9-8-6-11(14)18-13(8)16-12(15-9)10-5-4-7(2)17-10/h4-6H,3H2,1-2H3. The molecule has 0 unspecified atom stereocenters. The van der Waals surface area contributed by atoms with Gasteiger partial charge in [0.2, 0.25) is 0 Å².